The number of pyridine rings is 1. The van der Waals surface area contributed by atoms with E-state index in [0.717, 1.165) is 60.0 Å². The normalized spacial score (nSPS) is 14.3. The lowest BCUT2D eigenvalue weighted by Gasteiger charge is -2.20. The molecule has 3 heterocycles. The fourth-order valence-electron chi connectivity index (χ4n) is 4.43. The molecule has 0 spiro atoms. The topological polar surface area (TPSA) is 51.0 Å². The Balaban J connectivity index is 1.31. The summed E-state index contributed by atoms with van der Waals surface area (Å²) in [5.41, 5.74) is 6.48. The number of carbonyl (C=O) groups excluding carboxylic acids is 1. The zero-order chi connectivity index (χ0) is 23.3. The zero-order valence-corrected chi connectivity index (χ0v) is 20.4. The highest BCUT2D eigenvalue weighted by molar-refractivity contribution is 7.98. The van der Waals surface area contributed by atoms with Crippen LogP contribution in [0.25, 0.3) is 11.0 Å². The fourth-order valence-corrected chi connectivity index (χ4v) is 5.40. The van der Waals surface area contributed by atoms with Crippen molar-refractivity contribution in [3.63, 3.8) is 0 Å². The number of carbonyl (C=O) groups is 1. The van der Waals surface area contributed by atoms with Gasteiger partial charge in [0.05, 0.1) is 23.8 Å². The van der Waals surface area contributed by atoms with Crippen LogP contribution in [0.5, 0.6) is 0 Å². The van der Waals surface area contributed by atoms with E-state index in [-0.39, 0.29) is 5.91 Å². The van der Waals surface area contributed by atoms with E-state index in [1.807, 2.05) is 29.3 Å². The number of imidazole rings is 1. The fraction of sp³-hybridized carbons (Fsp3) is 0.321. The van der Waals surface area contributed by atoms with Gasteiger partial charge in [-0.2, -0.15) is 0 Å². The van der Waals surface area contributed by atoms with E-state index in [9.17, 15) is 4.79 Å². The van der Waals surface area contributed by atoms with Crippen molar-refractivity contribution in [3.8, 4) is 0 Å². The average Bonchev–Trinajstić information content (AvgIpc) is 3.02. The summed E-state index contributed by atoms with van der Waals surface area (Å²) in [5, 5.41) is 0.980. The van der Waals surface area contributed by atoms with Crippen LogP contribution in [0, 0.1) is 6.92 Å². The number of fused-ring (bicyclic) bond motifs is 1. The lowest BCUT2D eigenvalue weighted by molar-refractivity contribution is 0.0761. The summed E-state index contributed by atoms with van der Waals surface area (Å²) in [6.45, 7) is 4.62. The minimum absolute atomic E-state index is 0.161. The first-order chi connectivity index (χ1) is 16.7. The van der Waals surface area contributed by atoms with Gasteiger partial charge in [0.2, 0.25) is 0 Å². The van der Waals surface area contributed by atoms with E-state index >= 15 is 0 Å². The lowest BCUT2D eigenvalue weighted by atomic mass is 10.1. The summed E-state index contributed by atoms with van der Waals surface area (Å²) in [7, 11) is 0. The summed E-state index contributed by atoms with van der Waals surface area (Å²) < 4.78 is 2.24. The van der Waals surface area contributed by atoms with Gasteiger partial charge in [-0.3, -0.25) is 9.78 Å². The second-order valence-corrected chi connectivity index (χ2v) is 9.97. The Bertz CT molecular complexity index is 1260. The lowest BCUT2D eigenvalue weighted by Crippen LogP contribution is -2.31. The van der Waals surface area contributed by atoms with Gasteiger partial charge < -0.3 is 9.47 Å². The van der Waals surface area contributed by atoms with Crippen LogP contribution >= 0.6 is 11.8 Å². The van der Waals surface area contributed by atoms with Crippen molar-refractivity contribution in [1.82, 2.24) is 19.4 Å². The molecule has 174 valence electrons. The van der Waals surface area contributed by atoms with Crippen LogP contribution in [0.3, 0.4) is 0 Å². The molecule has 0 N–H and O–H groups in total. The van der Waals surface area contributed by atoms with E-state index in [1.54, 1.807) is 18.0 Å². The molecule has 1 saturated heterocycles. The Kier molecular flexibility index (Phi) is 6.95. The third kappa shape index (κ3) is 5.17. The van der Waals surface area contributed by atoms with Gasteiger partial charge in [-0.1, -0.05) is 66.6 Å². The highest BCUT2D eigenvalue weighted by Crippen LogP contribution is 2.28. The number of benzene rings is 2. The first-order valence-corrected chi connectivity index (χ1v) is 13.0. The highest BCUT2D eigenvalue weighted by atomic mass is 32.2. The minimum Gasteiger partial charge on any atom is -0.339 e. The van der Waals surface area contributed by atoms with Crippen LogP contribution in [0.15, 0.2) is 72.1 Å². The number of amides is 1. The molecular formula is C28H30N4OS. The molecule has 0 radical (unpaired) electrons. The van der Waals surface area contributed by atoms with Crippen LogP contribution < -0.4 is 0 Å². The zero-order valence-electron chi connectivity index (χ0n) is 19.6. The summed E-state index contributed by atoms with van der Waals surface area (Å²) in [4.78, 5) is 24.1. The Labute approximate surface area is 205 Å². The standard InChI is InChI=1S/C28H30N4OS/c1-21-6-8-22(9-7-21)19-32-26-18-29-15-14-25(26)30-28(32)34-20-23-10-12-24(13-11-23)27(33)31-16-4-2-3-5-17-31/h6-15,18H,2-5,16-17,19-20H2,1H3. The molecule has 0 bridgehead atoms. The number of rotatable bonds is 6. The molecule has 5 rings (SSSR count). The number of aromatic nitrogens is 3. The molecule has 1 amide bonds. The molecule has 0 aliphatic carbocycles. The molecule has 0 atom stereocenters. The van der Waals surface area contributed by atoms with Gasteiger partial charge in [0, 0.05) is 30.6 Å². The van der Waals surface area contributed by atoms with E-state index in [0.29, 0.717) is 0 Å². The highest BCUT2D eigenvalue weighted by Gasteiger charge is 2.17. The third-order valence-corrected chi connectivity index (χ3v) is 7.49. The number of nitrogens with zero attached hydrogens (tertiary/aromatic N) is 4. The number of hydrogen-bond acceptors (Lipinski definition) is 4. The molecule has 34 heavy (non-hydrogen) atoms. The molecule has 0 saturated carbocycles. The van der Waals surface area contributed by atoms with E-state index in [2.05, 4.69) is 52.9 Å². The maximum absolute atomic E-state index is 12.9. The Morgan fingerprint density at radius 1 is 0.912 bits per heavy atom. The molecule has 4 aromatic rings. The SMILES string of the molecule is Cc1ccc(Cn2c(SCc3ccc(C(=O)N4CCCCCC4)cc3)nc3ccncc32)cc1. The maximum Gasteiger partial charge on any atom is 0.253 e. The third-order valence-electron chi connectivity index (χ3n) is 6.44. The van der Waals surface area contributed by atoms with Crippen molar-refractivity contribution in [1.29, 1.82) is 0 Å². The summed E-state index contributed by atoms with van der Waals surface area (Å²) in [5.74, 6) is 0.955. The second-order valence-electron chi connectivity index (χ2n) is 9.02. The van der Waals surface area contributed by atoms with Crippen LogP contribution in [0.1, 0.15) is 52.7 Å². The molecule has 1 aliphatic rings. The number of aryl methyl sites for hydroxylation is 1. The van der Waals surface area contributed by atoms with E-state index in [4.69, 9.17) is 4.98 Å². The smallest absolute Gasteiger partial charge is 0.253 e. The monoisotopic (exact) mass is 470 g/mol. The summed E-state index contributed by atoms with van der Waals surface area (Å²) in [6.07, 6.45) is 8.36. The van der Waals surface area contributed by atoms with Crippen molar-refractivity contribution < 1.29 is 4.79 Å². The van der Waals surface area contributed by atoms with Gasteiger partial charge in [-0.25, -0.2) is 4.98 Å². The van der Waals surface area contributed by atoms with E-state index in [1.165, 1.54) is 29.5 Å². The van der Waals surface area contributed by atoms with Crippen LogP contribution in [0.2, 0.25) is 0 Å². The quantitative estimate of drug-likeness (QED) is 0.320. The van der Waals surface area contributed by atoms with Crippen molar-refractivity contribution in [2.75, 3.05) is 13.1 Å². The average molecular weight is 471 g/mol. The van der Waals surface area contributed by atoms with E-state index < -0.39 is 0 Å². The van der Waals surface area contributed by atoms with Crippen molar-refractivity contribution in [3.05, 3.63) is 89.2 Å². The van der Waals surface area contributed by atoms with Gasteiger partial charge >= 0.3 is 0 Å². The van der Waals surface area contributed by atoms with Gasteiger partial charge in [0.15, 0.2) is 5.16 Å². The van der Waals surface area contributed by atoms with Gasteiger partial charge in [0.1, 0.15) is 0 Å². The van der Waals surface area contributed by atoms with Crippen LogP contribution in [-0.2, 0) is 12.3 Å². The number of likely N-dealkylation sites (tertiary alicyclic amines) is 1. The van der Waals surface area contributed by atoms with Gasteiger partial charge in [-0.15, -0.1) is 0 Å². The van der Waals surface area contributed by atoms with Crippen molar-refractivity contribution in [2.24, 2.45) is 0 Å². The Morgan fingerprint density at radius 2 is 1.62 bits per heavy atom. The first-order valence-electron chi connectivity index (χ1n) is 12.0. The second kappa shape index (κ2) is 10.4. The van der Waals surface area contributed by atoms with Gasteiger partial charge in [-0.05, 0) is 49.1 Å². The van der Waals surface area contributed by atoms with Crippen molar-refractivity contribution in [2.45, 2.75) is 50.1 Å². The molecular weight excluding hydrogens is 440 g/mol. The van der Waals surface area contributed by atoms with Crippen LogP contribution in [0.4, 0.5) is 0 Å². The predicted molar refractivity (Wildman–Crippen MR) is 138 cm³/mol. The number of thioether (sulfide) groups is 1. The Hall–Kier alpha value is -3.12. The first kappa shape index (κ1) is 22.7. The Morgan fingerprint density at radius 3 is 2.35 bits per heavy atom. The molecule has 0 unspecified atom stereocenters. The molecule has 1 fully saturated rings. The summed E-state index contributed by atoms with van der Waals surface area (Å²) in [6, 6.07) is 18.7. The minimum atomic E-state index is 0.161. The molecule has 2 aromatic heterocycles. The van der Waals surface area contributed by atoms with Crippen molar-refractivity contribution >= 4 is 28.7 Å². The molecule has 5 nitrogen and oxygen atoms in total. The predicted octanol–water partition coefficient (Wildman–Crippen LogP) is 6.10. The molecule has 1 aliphatic heterocycles. The number of hydrogen-bond donors (Lipinski definition) is 0. The largest absolute Gasteiger partial charge is 0.339 e. The van der Waals surface area contributed by atoms with Crippen LogP contribution in [-0.4, -0.2) is 38.4 Å². The molecule has 6 heteroatoms. The molecule has 2 aromatic carbocycles. The van der Waals surface area contributed by atoms with Gasteiger partial charge in [0.25, 0.3) is 5.91 Å². The maximum atomic E-state index is 12.9. The summed E-state index contributed by atoms with van der Waals surface area (Å²) >= 11 is 1.72.